The van der Waals surface area contributed by atoms with Gasteiger partial charge in [-0.25, -0.2) is 18.7 Å². The lowest BCUT2D eigenvalue weighted by Crippen LogP contribution is -2.49. The Morgan fingerprint density at radius 3 is 2.87 bits per heavy atom. The summed E-state index contributed by atoms with van der Waals surface area (Å²) in [4.78, 5) is 11.4. The number of benzene rings is 1. The summed E-state index contributed by atoms with van der Waals surface area (Å²) in [6.45, 7) is 6.93. The summed E-state index contributed by atoms with van der Waals surface area (Å²) in [6, 6.07) is 6.03. The molecule has 5 nitrogen and oxygen atoms in total. The smallest absolute Gasteiger partial charge is 0.223 e. The average Bonchev–Trinajstić information content (AvgIpc) is 2.74. The van der Waals surface area contributed by atoms with E-state index in [0.29, 0.717) is 30.5 Å². The molecule has 1 atom stereocenters. The largest absolute Gasteiger partial charge is 0.354 e. The zero-order valence-corrected chi connectivity index (χ0v) is 17.9. The van der Waals surface area contributed by atoms with E-state index in [1.807, 2.05) is 6.07 Å². The molecule has 1 aliphatic carbocycles. The Hall–Kier alpha value is -2.64. The van der Waals surface area contributed by atoms with Crippen molar-refractivity contribution in [1.29, 1.82) is 0 Å². The number of allylic oxidation sites excluding steroid dienone is 3. The molecule has 31 heavy (non-hydrogen) atoms. The van der Waals surface area contributed by atoms with Gasteiger partial charge in [-0.05, 0) is 55.5 Å². The Labute approximate surface area is 182 Å². The van der Waals surface area contributed by atoms with Crippen molar-refractivity contribution in [2.75, 3.05) is 38.0 Å². The van der Waals surface area contributed by atoms with E-state index in [9.17, 15) is 8.78 Å². The maximum absolute atomic E-state index is 13.3. The van der Waals surface area contributed by atoms with Crippen LogP contribution in [0.3, 0.4) is 0 Å². The minimum atomic E-state index is -0.560. The van der Waals surface area contributed by atoms with Crippen LogP contribution < -0.4 is 10.6 Å². The van der Waals surface area contributed by atoms with Crippen LogP contribution in [0.25, 0.3) is 5.57 Å². The third-order valence-corrected chi connectivity index (χ3v) is 5.64. The van der Waals surface area contributed by atoms with Crippen LogP contribution in [0.5, 0.6) is 0 Å². The number of rotatable bonds is 7. The van der Waals surface area contributed by atoms with Crippen LogP contribution in [0.15, 0.2) is 48.2 Å². The standard InChI is InChI=1S/C24H29F2N5/c1-17-15-31(10-9-27-17)16-19-3-2-4-20(11-19)23-6-8-29-24(30-23)28-7-5-18-12-21(25)14-22(26)13-18/h4,6,8,11-14,17,27H,2-3,5,7,9-10,15-16H2,1H3,(H,28,29,30)/t17-/m0/s1. The van der Waals surface area contributed by atoms with E-state index in [1.54, 1.807) is 6.20 Å². The van der Waals surface area contributed by atoms with Gasteiger partial charge in [0.25, 0.3) is 0 Å². The Balaban J connectivity index is 1.36. The first-order chi connectivity index (χ1) is 15.0. The molecule has 2 aliphatic rings. The fourth-order valence-electron chi connectivity index (χ4n) is 4.19. The van der Waals surface area contributed by atoms with Gasteiger partial charge in [0, 0.05) is 51.0 Å². The monoisotopic (exact) mass is 425 g/mol. The van der Waals surface area contributed by atoms with Crippen LogP contribution in [0.4, 0.5) is 14.7 Å². The third-order valence-electron chi connectivity index (χ3n) is 5.64. The second-order valence-electron chi connectivity index (χ2n) is 8.31. The molecular formula is C24H29F2N5. The van der Waals surface area contributed by atoms with Gasteiger partial charge >= 0.3 is 0 Å². The Morgan fingerprint density at radius 1 is 1.23 bits per heavy atom. The molecule has 0 bridgehead atoms. The minimum Gasteiger partial charge on any atom is -0.354 e. The number of halogens is 2. The van der Waals surface area contributed by atoms with E-state index < -0.39 is 11.6 Å². The van der Waals surface area contributed by atoms with Crippen molar-refractivity contribution in [3.05, 3.63) is 71.1 Å². The molecular weight excluding hydrogens is 396 g/mol. The van der Waals surface area contributed by atoms with E-state index >= 15 is 0 Å². The summed E-state index contributed by atoms with van der Waals surface area (Å²) >= 11 is 0. The number of hydrogen-bond donors (Lipinski definition) is 2. The van der Waals surface area contributed by atoms with E-state index in [4.69, 9.17) is 0 Å². The van der Waals surface area contributed by atoms with Crippen molar-refractivity contribution in [2.45, 2.75) is 32.2 Å². The Bertz CT molecular complexity index is 952. The van der Waals surface area contributed by atoms with Gasteiger partial charge in [-0.1, -0.05) is 17.7 Å². The number of hydrogen-bond acceptors (Lipinski definition) is 5. The summed E-state index contributed by atoms with van der Waals surface area (Å²) in [5.41, 5.74) is 4.06. The van der Waals surface area contributed by atoms with Crippen molar-refractivity contribution < 1.29 is 8.78 Å². The van der Waals surface area contributed by atoms with E-state index in [2.05, 4.69) is 44.6 Å². The number of nitrogens with zero attached hydrogens (tertiary/aromatic N) is 3. The van der Waals surface area contributed by atoms with E-state index in [-0.39, 0.29) is 0 Å². The lowest BCUT2D eigenvalue weighted by Gasteiger charge is -2.33. The van der Waals surface area contributed by atoms with Crippen molar-refractivity contribution in [2.24, 2.45) is 0 Å². The van der Waals surface area contributed by atoms with E-state index in [0.717, 1.165) is 56.4 Å². The summed E-state index contributed by atoms with van der Waals surface area (Å²) in [6.07, 6.45) is 8.82. The molecule has 4 rings (SSSR count). The molecule has 2 aromatic rings. The number of anilines is 1. The Kier molecular flexibility index (Phi) is 7.04. The lowest BCUT2D eigenvalue weighted by atomic mass is 9.96. The molecule has 0 amide bonds. The normalized spacial score (nSPS) is 19.6. The molecule has 0 spiro atoms. The summed E-state index contributed by atoms with van der Waals surface area (Å²) < 4.78 is 26.7. The maximum atomic E-state index is 13.3. The zero-order valence-electron chi connectivity index (χ0n) is 17.9. The number of piperazine rings is 1. The lowest BCUT2D eigenvalue weighted by molar-refractivity contribution is 0.221. The fraction of sp³-hybridized carbons (Fsp3) is 0.417. The minimum absolute atomic E-state index is 0.484. The molecule has 1 saturated heterocycles. The van der Waals surface area contributed by atoms with Gasteiger partial charge in [0.05, 0.1) is 5.69 Å². The molecule has 0 saturated carbocycles. The highest BCUT2D eigenvalue weighted by Gasteiger charge is 2.18. The van der Waals surface area contributed by atoms with Gasteiger partial charge in [-0.3, -0.25) is 4.90 Å². The average molecular weight is 426 g/mol. The molecule has 1 aliphatic heterocycles. The van der Waals surface area contributed by atoms with Crippen molar-refractivity contribution in [3.8, 4) is 0 Å². The number of nitrogens with one attached hydrogen (secondary N) is 2. The van der Waals surface area contributed by atoms with Gasteiger partial charge < -0.3 is 10.6 Å². The summed E-state index contributed by atoms with van der Waals surface area (Å²) in [5.74, 6) is -0.600. The van der Waals surface area contributed by atoms with Crippen LogP contribution in [0.1, 0.15) is 31.0 Å². The SMILES string of the molecule is C[C@H]1CN(CC2=CC(c3ccnc(NCCc4cc(F)cc(F)c4)n3)=CCC2)CCN1. The van der Waals surface area contributed by atoms with Gasteiger partial charge in [0.2, 0.25) is 5.95 Å². The third kappa shape index (κ3) is 6.18. The maximum Gasteiger partial charge on any atom is 0.223 e. The summed E-state index contributed by atoms with van der Waals surface area (Å²) in [7, 11) is 0. The van der Waals surface area contributed by atoms with Crippen LogP contribution in [-0.4, -0.2) is 53.6 Å². The molecule has 164 valence electrons. The topological polar surface area (TPSA) is 53.1 Å². The highest BCUT2D eigenvalue weighted by molar-refractivity contribution is 5.73. The molecule has 0 unspecified atom stereocenters. The first kappa shape index (κ1) is 21.6. The van der Waals surface area contributed by atoms with Crippen LogP contribution in [0.2, 0.25) is 0 Å². The molecule has 2 heterocycles. The first-order valence-corrected chi connectivity index (χ1v) is 10.9. The highest BCUT2D eigenvalue weighted by atomic mass is 19.1. The van der Waals surface area contributed by atoms with Crippen LogP contribution in [0, 0.1) is 11.6 Å². The predicted molar refractivity (Wildman–Crippen MR) is 120 cm³/mol. The van der Waals surface area contributed by atoms with E-state index in [1.165, 1.54) is 17.7 Å². The molecule has 0 radical (unpaired) electrons. The van der Waals surface area contributed by atoms with Gasteiger partial charge in [-0.2, -0.15) is 0 Å². The zero-order chi connectivity index (χ0) is 21.6. The van der Waals surface area contributed by atoms with Gasteiger partial charge in [-0.15, -0.1) is 0 Å². The molecule has 2 N–H and O–H groups in total. The molecule has 1 fully saturated rings. The second kappa shape index (κ2) is 10.1. The molecule has 7 heteroatoms. The second-order valence-corrected chi connectivity index (χ2v) is 8.31. The molecule has 1 aromatic carbocycles. The number of aromatic nitrogens is 2. The van der Waals surface area contributed by atoms with Crippen LogP contribution >= 0.6 is 0 Å². The first-order valence-electron chi connectivity index (χ1n) is 10.9. The fourth-order valence-corrected chi connectivity index (χ4v) is 4.19. The quantitative estimate of drug-likeness (QED) is 0.707. The highest BCUT2D eigenvalue weighted by Crippen LogP contribution is 2.25. The molecule has 1 aromatic heterocycles. The summed E-state index contributed by atoms with van der Waals surface area (Å²) in [5, 5.41) is 6.65. The van der Waals surface area contributed by atoms with Gasteiger partial charge in [0.15, 0.2) is 0 Å². The predicted octanol–water partition coefficient (Wildman–Crippen LogP) is 3.81. The van der Waals surface area contributed by atoms with Gasteiger partial charge in [0.1, 0.15) is 11.6 Å². The Morgan fingerprint density at radius 2 is 2.06 bits per heavy atom. The van der Waals surface area contributed by atoms with Crippen molar-refractivity contribution in [3.63, 3.8) is 0 Å². The van der Waals surface area contributed by atoms with Crippen molar-refractivity contribution in [1.82, 2.24) is 20.2 Å². The van der Waals surface area contributed by atoms with Crippen LogP contribution in [-0.2, 0) is 6.42 Å². The van der Waals surface area contributed by atoms with Crippen molar-refractivity contribution >= 4 is 11.5 Å².